The van der Waals surface area contributed by atoms with Crippen LogP contribution >= 0.6 is 47.0 Å². The summed E-state index contributed by atoms with van der Waals surface area (Å²) in [6.45, 7) is 0. The molecule has 0 saturated heterocycles. The fourth-order valence-electron chi connectivity index (χ4n) is 1.97. The first-order chi connectivity index (χ1) is 9.06. The molecule has 1 aromatic heterocycles. The molecule has 0 aliphatic heterocycles. The molecule has 19 heavy (non-hydrogen) atoms. The Labute approximate surface area is 129 Å². The number of nitrogens with one attached hydrogen (secondary N) is 1. The second kappa shape index (κ2) is 4.84. The number of rotatable bonds is 1. The van der Waals surface area contributed by atoms with Gasteiger partial charge in [-0.25, -0.2) is 0 Å². The van der Waals surface area contributed by atoms with Gasteiger partial charge in [0.25, 0.3) is 0 Å². The number of imidazole rings is 1. The first kappa shape index (κ1) is 13.0. The normalized spacial score (nSPS) is 11.1. The van der Waals surface area contributed by atoms with Crippen LogP contribution in [0.3, 0.4) is 0 Å². The number of hydrogen-bond donors (Lipinski definition) is 1. The van der Waals surface area contributed by atoms with E-state index in [1.165, 1.54) is 0 Å². The van der Waals surface area contributed by atoms with E-state index in [-0.39, 0.29) is 0 Å². The Bertz CT molecular complexity index is 836. The highest BCUT2D eigenvalue weighted by Crippen LogP contribution is 2.29. The van der Waals surface area contributed by atoms with Gasteiger partial charge in [-0.1, -0.05) is 40.9 Å². The minimum absolute atomic E-state index is 0.485. The summed E-state index contributed by atoms with van der Waals surface area (Å²) in [4.78, 5) is 3.10. The summed E-state index contributed by atoms with van der Waals surface area (Å²) in [5, 5.41) is 1.62. The van der Waals surface area contributed by atoms with Crippen molar-refractivity contribution in [3.05, 3.63) is 56.2 Å². The van der Waals surface area contributed by atoms with Crippen molar-refractivity contribution in [1.29, 1.82) is 0 Å². The Hall–Kier alpha value is -1.00. The van der Waals surface area contributed by atoms with Gasteiger partial charge in [-0.05, 0) is 42.5 Å². The summed E-state index contributed by atoms with van der Waals surface area (Å²) in [5.74, 6) is 0. The monoisotopic (exact) mass is 328 g/mol. The molecule has 96 valence electrons. The van der Waals surface area contributed by atoms with Crippen LogP contribution < -0.4 is 0 Å². The van der Waals surface area contributed by atoms with E-state index in [2.05, 4.69) is 4.98 Å². The topological polar surface area (TPSA) is 20.7 Å². The molecule has 2 nitrogen and oxygen atoms in total. The number of aromatic nitrogens is 2. The van der Waals surface area contributed by atoms with Crippen molar-refractivity contribution in [3.8, 4) is 5.69 Å². The zero-order valence-corrected chi connectivity index (χ0v) is 12.5. The lowest BCUT2D eigenvalue weighted by Crippen LogP contribution is -1.93. The lowest BCUT2D eigenvalue weighted by atomic mass is 10.3. The van der Waals surface area contributed by atoms with Crippen LogP contribution in [0.2, 0.25) is 15.1 Å². The van der Waals surface area contributed by atoms with Crippen molar-refractivity contribution < 1.29 is 0 Å². The second-order valence-corrected chi connectivity index (χ2v) is 5.67. The van der Waals surface area contributed by atoms with E-state index in [4.69, 9.17) is 47.0 Å². The zero-order chi connectivity index (χ0) is 13.6. The molecule has 0 fully saturated rings. The lowest BCUT2D eigenvalue weighted by molar-refractivity contribution is 1.07. The van der Waals surface area contributed by atoms with Crippen LogP contribution in [0.25, 0.3) is 16.7 Å². The summed E-state index contributed by atoms with van der Waals surface area (Å²) in [6.07, 6.45) is 0. The van der Waals surface area contributed by atoms with Crippen LogP contribution in [0.4, 0.5) is 0 Å². The highest BCUT2D eigenvalue weighted by Gasteiger charge is 2.09. The SMILES string of the molecule is S=c1[nH]c2cc(Cl)c(Cl)cc2n1-c1cccc(Cl)c1. The van der Waals surface area contributed by atoms with E-state index in [0.29, 0.717) is 19.8 Å². The van der Waals surface area contributed by atoms with Gasteiger partial charge in [0.05, 0.1) is 21.1 Å². The molecule has 6 heteroatoms. The highest BCUT2D eigenvalue weighted by atomic mass is 35.5. The Kier molecular flexibility index (Phi) is 3.31. The Morgan fingerprint density at radius 1 is 1.00 bits per heavy atom. The number of hydrogen-bond acceptors (Lipinski definition) is 1. The standard InChI is InChI=1S/C13H7Cl3N2S/c14-7-2-1-3-8(4-7)18-12-6-10(16)9(15)5-11(12)17-13(18)19/h1-6H,(H,17,19). The van der Waals surface area contributed by atoms with Gasteiger partial charge in [0.1, 0.15) is 0 Å². The molecule has 1 N–H and O–H groups in total. The molecular weight excluding hydrogens is 323 g/mol. The third kappa shape index (κ3) is 2.28. The molecule has 1 heterocycles. The van der Waals surface area contributed by atoms with Crippen LogP contribution in [0.1, 0.15) is 0 Å². The molecule has 0 saturated carbocycles. The smallest absolute Gasteiger partial charge is 0.182 e. The molecule has 3 aromatic rings. The quantitative estimate of drug-likeness (QED) is 0.572. The lowest BCUT2D eigenvalue weighted by Gasteiger charge is -2.05. The zero-order valence-electron chi connectivity index (χ0n) is 9.45. The first-order valence-electron chi connectivity index (χ1n) is 5.42. The summed E-state index contributed by atoms with van der Waals surface area (Å²) in [6, 6.07) is 11.0. The summed E-state index contributed by atoms with van der Waals surface area (Å²) in [5.41, 5.74) is 2.57. The van der Waals surface area contributed by atoms with E-state index in [9.17, 15) is 0 Å². The molecule has 0 bridgehead atoms. The third-order valence-electron chi connectivity index (χ3n) is 2.79. The maximum atomic E-state index is 6.07. The third-order valence-corrected chi connectivity index (χ3v) is 4.03. The Morgan fingerprint density at radius 3 is 2.47 bits per heavy atom. The average Bonchev–Trinajstić information content (AvgIpc) is 2.65. The molecule has 0 unspecified atom stereocenters. The van der Waals surface area contributed by atoms with Gasteiger partial charge in [0.15, 0.2) is 4.77 Å². The average molecular weight is 330 g/mol. The van der Waals surface area contributed by atoms with E-state index < -0.39 is 0 Å². The number of fused-ring (bicyclic) bond motifs is 1. The summed E-state index contributed by atoms with van der Waals surface area (Å²) >= 11 is 23.4. The number of nitrogens with zero attached hydrogens (tertiary/aromatic N) is 1. The summed E-state index contributed by atoms with van der Waals surface area (Å²) < 4.78 is 2.44. The largest absolute Gasteiger partial charge is 0.330 e. The van der Waals surface area contributed by atoms with Crippen molar-refractivity contribution in [1.82, 2.24) is 9.55 Å². The maximum absolute atomic E-state index is 6.07. The predicted molar refractivity (Wildman–Crippen MR) is 83.5 cm³/mol. The molecule has 0 aliphatic carbocycles. The van der Waals surface area contributed by atoms with E-state index in [1.54, 1.807) is 12.1 Å². The predicted octanol–water partition coefficient (Wildman–Crippen LogP) is 5.65. The van der Waals surface area contributed by atoms with Gasteiger partial charge in [-0.2, -0.15) is 0 Å². The van der Waals surface area contributed by atoms with Crippen LogP contribution in [0.15, 0.2) is 36.4 Å². The van der Waals surface area contributed by atoms with Gasteiger partial charge in [-0.3, -0.25) is 4.57 Å². The molecule has 0 atom stereocenters. The summed E-state index contributed by atoms with van der Waals surface area (Å²) in [7, 11) is 0. The highest BCUT2D eigenvalue weighted by molar-refractivity contribution is 7.71. The van der Waals surface area contributed by atoms with Gasteiger partial charge in [0.2, 0.25) is 0 Å². The van der Waals surface area contributed by atoms with Crippen molar-refractivity contribution in [2.45, 2.75) is 0 Å². The van der Waals surface area contributed by atoms with Crippen molar-refractivity contribution in [2.75, 3.05) is 0 Å². The molecule has 0 aliphatic rings. The van der Waals surface area contributed by atoms with Crippen LogP contribution in [-0.4, -0.2) is 9.55 Å². The van der Waals surface area contributed by atoms with Gasteiger partial charge < -0.3 is 4.98 Å². The van der Waals surface area contributed by atoms with Crippen molar-refractivity contribution in [3.63, 3.8) is 0 Å². The van der Waals surface area contributed by atoms with Crippen LogP contribution in [-0.2, 0) is 0 Å². The minimum atomic E-state index is 0.485. The molecule has 3 rings (SSSR count). The van der Waals surface area contributed by atoms with E-state index in [0.717, 1.165) is 16.7 Å². The number of benzene rings is 2. The van der Waals surface area contributed by atoms with Gasteiger partial charge in [-0.15, -0.1) is 0 Å². The maximum Gasteiger partial charge on any atom is 0.182 e. The molecular formula is C13H7Cl3N2S. The molecule has 2 aromatic carbocycles. The molecule has 0 radical (unpaired) electrons. The Balaban J connectivity index is 2.38. The second-order valence-electron chi connectivity index (χ2n) is 4.03. The van der Waals surface area contributed by atoms with E-state index in [1.807, 2.05) is 28.8 Å². The van der Waals surface area contributed by atoms with Gasteiger partial charge in [0, 0.05) is 10.7 Å². The molecule has 0 spiro atoms. The first-order valence-corrected chi connectivity index (χ1v) is 6.96. The fourth-order valence-corrected chi connectivity index (χ4v) is 2.79. The number of aromatic amines is 1. The van der Waals surface area contributed by atoms with Crippen molar-refractivity contribution in [2.24, 2.45) is 0 Å². The van der Waals surface area contributed by atoms with Crippen LogP contribution in [0.5, 0.6) is 0 Å². The number of halogens is 3. The van der Waals surface area contributed by atoms with Crippen LogP contribution in [0, 0.1) is 4.77 Å². The minimum Gasteiger partial charge on any atom is -0.330 e. The van der Waals surface area contributed by atoms with Crippen molar-refractivity contribution >= 4 is 58.1 Å². The molecule has 0 amide bonds. The fraction of sp³-hybridized carbons (Fsp3) is 0. The number of H-pyrrole nitrogens is 1. The van der Waals surface area contributed by atoms with Gasteiger partial charge >= 0.3 is 0 Å². The van der Waals surface area contributed by atoms with E-state index >= 15 is 0 Å². The Morgan fingerprint density at radius 2 is 1.74 bits per heavy atom.